The molecular formula is C22H26N4O4. The van der Waals surface area contributed by atoms with Gasteiger partial charge in [-0.15, -0.1) is 0 Å². The van der Waals surface area contributed by atoms with Crippen LogP contribution in [0.25, 0.3) is 0 Å². The molecule has 1 saturated heterocycles. The average Bonchev–Trinajstić information content (AvgIpc) is 3.46. The number of anilines is 1. The molecule has 1 fully saturated rings. The van der Waals surface area contributed by atoms with E-state index in [-0.39, 0.29) is 18.8 Å². The highest BCUT2D eigenvalue weighted by atomic mass is 16.7. The first-order chi connectivity index (χ1) is 14.7. The number of aliphatic imine (C=N–C) groups is 1. The van der Waals surface area contributed by atoms with E-state index in [1.165, 1.54) is 0 Å². The van der Waals surface area contributed by atoms with Crippen molar-refractivity contribution in [3.63, 3.8) is 0 Å². The normalized spacial score (nSPS) is 17.6. The summed E-state index contributed by atoms with van der Waals surface area (Å²) in [5.74, 6) is 2.13. The molecule has 1 atom stereocenters. The van der Waals surface area contributed by atoms with E-state index >= 15 is 0 Å². The summed E-state index contributed by atoms with van der Waals surface area (Å²) < 4.78 is 16.2. The molecule has 0 bridgehead atoms. The van der Waals surface area contributed by atoms with E-state index in [4.69, 9.17) is 14.2 Å². The van der Waals surface area contributed by atoms with Gasteiger partial charge in [0.25, 0.3) is 5.91 Å². The highest BCUT2D eigenvalue weighted by Gasteiger charge is 2.23. The molecule has 8 heteroatoms. The van der Waals surface area contributed by atoms with Crippen LogP contribution >= 0.6 is 0 Å². The standard InChI is InChI=1S/C22H26N4O4/c1-23-22(25-13-16-7-8-18-20(11-16)30-14-29-18)24-12-15-4-2-5-17(10-15)26-21(27)19-6-3-9-28-19/h2,4-5,7-8,10-11,19H,3,6,9,12-14H2,1H3,(H,26,27)(H2,23,24,25). The van der Waals surface area contributed by atoms with Gasteiger partial charge in [0.15, 0.2) is 17.5 Å². The van der Waals surface area contributed by atoms with Crippen LogP contribution in [0.5, 0.6) is 11.5 Å². The largest absolute Gasteiger partial charge is 0.454 e. The topological polar surface area (TPSA) is 93.2 Å². The van der Waals surface area contributed by atoms with Gasteiger partial charge in [-0.2, -0.15) is 0 Å². The fourth-order valence-corrected chi connectivity index (χ4v) is 3.41. The van der Waals surface area contributed by atoms with Gasteiger partial charge in [-0.25, -0.2) is 0 Å². The van der Waals surface area contributed by atoms with Crippen LogP contribution in [0.4, 0.5) is 5.69 Å². The van der Waals surface area contributed by atoms with Gasteiger partial charge in [0.1, 0.15) is 6.10 Å². The number of hydrogen-bond donors (Lipinski definition) is 3. The third-order valence-electron chi connectivity index (χ3n) is 5.00. The SMILES string of the molecule is CN=C(NCc1cccc(NC(=O)C2CCCO2)c1)NCc1ccc2c(c1)OCO2. The van der Waals surface area contributed by atoms with Crippen molar-refractivity contribution in [3.8, 4) is 11.5 Å². The number of amides is 1. The Morgan fingerprint density at radius 3 is 2.63 bits per heavy atom. The summed E-state index contributed by atoms with van der Waals surface area (Å²) in [5, 5.41) is 9.51. The summed E-state index contributed by atoms with van der Waals surface area (Å²) in [4.78, 5) is 16.5. The van der Waals surface area contributed by atoms with Crippen LogP contribution in [0.1, 0.15) is 24.0 Å². The lowest BCUT2D eigenvalue weighted by molar-refractivity contribution is -0.124. The van der Waals surface area contributed by atoms with Gasteiger partial charge in [-0.3, -0.25) is 9.79 Å². The third kappa shape index (κ3) is 5.01. The van der Waals surface area contributed by atoms with Crippen LogP contribution < -0.4 is 25.4 Å². The molecule has 1 unspecified atom stereocenters. The molecular weight excluding hydrogens is 384 g/mol. The Balaban J connectivity index is 1.28. The highest BCUT2D eigenvalue weighted by molar-refractivity contribution is 5.94. The molecule has 2 heterocycles. The van der Waals surface area contributed by atoms with E-state index in [2.05, 4.69) is 20.9 Å². The lowest BCUT2D eigenvalue weighted by atomic mass is 10.2. The van der Waals surface area contributed by atoms with Gasteiger partial charge in [-0.1, -0.05) is 18.2 Å². The predicted molar refractivity (Wildman–Crippen MR) is 114 cm³/mol. The number of rotatable bonds is 6. The molecule has 0 radical (unpaired) electrons. The van der Waals surface area contributed by atoms with Gasteiger partial charge in [0.2, 0.25) is 6.79 Å². The minimum Gasteiger partial charge on any atom is -0.454 e. The summed E-state index contributed by atoms with van der Waals surface area (Å²) >= 11 is 0. The van der Waals surface area contributed by atoms with Gasteiger partial charge in [0, 0.05) is 32.4 Å². The summed E-state index contributed by atoms with van der Waals surface area (Å²) in [6.45, 7) is 2.10. The Hall–Kier alpha value is -3.26. The highest BCUT2D eigenvalue weighted by Crippen LogP contribution is 2.32. The molecule has 1 amide bonds. The van der Waals surface area contributed by atoms with E-state index in [9.17, 15) is 4.79 Å². The van der Waals surface area contributed by atoms with Crippen LogP contribution in [0.3, 0.4) is 0 Å². The first kappa shape index (κ1) is 20.0. The average molecular weight is 410 g/mol. The number of benzene rings is 2. The van der Waals surface area contributed by atoms with Crippen molar-refractivity contribution in [2.45, 2.75) is 32.0 Å². The summed E-state index contributed by atoms with van der Waals surface area (Å²) in [5.41, 5.74) is 2.87. The number of hydrogen-bond acceptors (Lipinski definition) is 5. The van der Waals surface area contributed by atoms with E-state index in [1.807, 2.05) is 42.5 Å². The Kier molecular flexibility index (Phi) is 6.34. The number of carbonyl (C=O) groups excluding carboxylic acids is 1. The second-order valence-electron chi connectivity index (χ2n) is 7.16. The van der Waals surface area contributed by atoms with E-state index in [0.717, 1.165) is 41.2 Å². The molecule has 30 heavy (non-hydrogen) atoms. The maximum absolute atomic E-state index is 12.2. The molecule has 0 spiro atoms. The molecule has 2 aromatic carbocycles. The van der Waals surface area contributed by atoms with Crippen LogP contribution in [0.2, 0.25) is 0 Å². The number of guanidine groups is 1. The smallest absolute Gasteiger partial charge is 0.253 e. The third-order valence-corrected chi connectivity index (χ3v) is 5.00. The zero-order chi connectivity index (χ0) is 20.8. The summed E-state index contributed by atoms with van der Waals surface area (Å²) in [6, 6.07) is 13.6. The fourth-order valence-electron chi connectivity index (χ4n) is 3.41. The number of carbonyl (C=O) groups is 1. The molecule has 0 saturated carbocycles. The lowest BCUT2D eigenvalue weighted by Gasteiger charge is -2.14. The molecule has 8 nitrogen and oxygen atoms in total. The van der Waals surface area contributed by atoms with Gasteiger partial charge >= 0.3 is 0 Å². The van der Waals surface area contributed by atoms with Crippen LogP contribution in [-0.2, 0) is 22.6 Å². The molecule has 4 rings (SSSR count). The quantitative estimate of drug-likeness (QED) is 0.500. The maximum Gasteiger partial charge on any atom is 0.253 e. The second kappa shape index (κ2) is 9.49. The minimum atomic E-state index is -0.342. The van der Waals surface area contributed by atoms with Crippen molar-refractivity contribution in [2.24, 2.45) is 4.99 Å². The first-order valence-corrected chi connectivity index (χ1v) is 10.1. The van der Waals surface area contributed by atoms with Crippen molar-refractivity contribution in [1.29, 1.82) is 0 Å². The fraction of sp³-hybridized carbons (Fsp3) is 0.364. The molecule has 2 aliphatic heterocycles. The van der Waals surface area contributed by atoms with E-state index in [0.29, 0.717) is 25.7 Å². The monoisotopic (exact) mass is 410 g/mol. The van der Waals surface area contributed by atoms with Crippen LogP contribution in [0.15, 0.2) is 47.5 Å². The number of ether oxygens (including phenoxy) is 3. The van der Waals surface area contributed by atoms with Crippen LogP contribution in [0, 0.1) is 0 Å². The number of nitrogens with one attached hydrogen (secondary N) is 3. The number of nitrogens with zero attached hydrogens (tertiary/aromatic N) is 1. The van der Waals surface area contributed by atoms with Gasteiger partial charge < -0.3 is 30.2 Å². The van der Waals surface area contributed by atoms with E-state index in [1.54, 1.807) is 7.05 Å². The zero-order valence-corrected chi connectivity index (χ0v) is 16.9. The van der Waals surface area contributed by atoms with Gasteiger partial charge in [-0.05, 0) is 48.2 Å². The summed E-state index contributed by atoms with van der Waals surface area (Å²) in [6.07, 6.45) is 1.37. The molecule has 2 aromatic rings. The molecule has 2 aliphatic rings. The lowest BCUT2D eigenvalue weighted by Crippen LogP contribution is -2.36. The molecule has 158 valence electrons. The summed E-state index contributed by atoms with van der Waals surface area (Å²) in [7, 11) is 1.73. The predicted octanol–water partition coefficient (Wildman–Crippen LogP) is 2.40. The minimum absolute atomic E-state index is 0.0844. The second-order valence-corrected chi connectivity index (χ2v) is 7.16. The Morgan fingerprint density at radius 2 is 1.87 bits per heavy atom. The zero-order valence-electron chi connectivity index (χ0n) is 16.9. The number of fused-ring (bicyclic) bond motifs is 1. The van der Waals surface area contributed by atoms with Crippen molar-refractivity contribution >= 4 is 17.6 Å². The maximum atomic E-state index is 12.2. The van der Waals surface area contributed by atoms with Crippen LogP contribution in [-0.4, -0.2) is 38.4 Å². The van der Waals surface area contributed by atoms with Crippen molar-refractivity contribution < 1.29 is 19.0 Å². The molecule has 0 aromatic heterocycles. The Bertz CT molecular complexity index is 925. The molecule has 3 N–H and O–H groups in total. The van der Waals surface area contributed by atoms with Gasteiger partial charge in [0.05, 0.1) is 0 Å². The Labute approximate surface area is 175 Å². The molecule has 0 aliphatic carbocycles. The Morgan fingerprint density at radius 1 is 1.07 bits per heavy atom. The van der Waals surface area contributed by atoms with Crippen molar-refractivity contribution in [1.82, 2.24) is 10.6 Å². The van der Waals surface area contributed by atoms with Crippen molar-refractivity contribution in [2.75, 3.05) is 25.8 Å². The van der Waals surface area contributed by atoms with E-state index < -0.39 is 0 Å². The van der Waals surface area contributed by atoms with Crippen molar-refractivity contribution in [3.05, 3.63) is 53.6 Å². The first-order valence-electron chi connectivity index (χ1n) is 10.1.